The molecule has 1 aliphatic rings. The van der Waals surface area contributed by atoms with Crippen LogP contribution in [0.5, 0.6) is 11.5 Å². The Morgan fingerprint density at radius 2 is 2.00 bits per heavy atom. The van der Waals surface area contributed by atoms with Gasteiger partial charge in [-0.25, -0.2) is 0 Å². The normalized spacial score (nSPS) is 13.7. The largest absolute Gasteiger partial charge is 0.493 e. The molecule has 0 saturated carbocycles. The van der Waals surface area contributed by atoms with Crippen molar-refractivity contribution < 1.29 is 9.47 Å². The number of nitrogens with zero attached hydrogens (tertiary/aromatic N) is 3. The maximum absolute atomic E-state index is 5.32. The molecule has 2 aromatic rings. The Labute approximate surface area is 153 Å². The molecule has 7 heteroatoms. The molecule has 0 fully saturated rings. The van der Waals surface area contributed by atoms with Crippen molar-refractivity contribution >= 4 is 17.5 Å². The van der Waals surface area contributed by atoms with Crippen LogP contribution in [0.3, 0.4) is 0 Å². The molecule has 2 N–H and O–H groups in total. The monoisotopic (exact) mass is 355 g/mol. The summed E-state index contributed by atoms with van der Waals surface area (Å²) in [6.45, 7) is 0.813. The van der Waals surface area contributed by atoms with Gasteiger partial charge in [0.05, 0.1) is 20.4 Å². The summed E-state index contributed by atoms with van der Waals surface area (Å²) in [5.41, 5.74) is 2.36. The van der Waals surface area contributed by atoms with E-state index in [1.54, 1.807) is 20.4 Å². The Hall–Kier alpha value is -2.83. The highest BCUT2D eigenvalue weighted by Crippen LogP contribution is 2.30. The van der Waals surface area contributed by atoms with E-state index in [0.29, 0.717) is 23.3 Å². The van der Waals surface area contributed by atoms with Crippen LogP contribution in [0, 0.1) is 0 Å². The number of anilines is 3. The van der Waals surface area contributed by atoms with Crippen molar-refractivity contribution in [2.45, 2.75) is 32.1 Å². The Kier molecular flexibility index (Phi) is 6.24. The predicted molar refractivity (Wildman–Crippen MR) is 102 cm³/mol. The van der Waals surface area contributed by atoms with Crippen LogP contribution in [0.2, 0.25) is 0 Å². The number of rotatable bonds is 8. The average Bonchev–Trinajstić information content (AvgIpc) is 2.69. The molecule has 7 nitrogen and oxygen atoms in total. The minimum atomic E-state index is 0.520. The zero-order valence-corrected chi connectivity index (χ0v) is 15.3. The number of aromatic nitrogens is 3. The number of ether oxygens (including phenoxy) is 2. The SMILES string of the molecule is COc1ccc(Nc2cnnc(NCCC3=CCCCC3)n2)cc1OC. The van der Waals surface area contributed by atoms with Crippen LogP contribution in [0.1, 0.15) is 32.1 Å². The van der Waals surface area contributed by atoms with Gasteiger partial charge in [-0.1, -0.05) is 11.6 Å². The Bertz CT molecular complexity index is 763. The van der Waals surface area contributed by atoms with E-state index in [9.17, 15) is 0 Å². The zero-order valence-electron chi connectivity index (χ0n) is 15.3. The quantitative estimate of drug-likeness (QED) is 0.694. The van der Waals surface area contributed by atoms with E-state index in [4.69, 9.17) is 9.47 Å². The van der Waals surface area contributed by atoms with Crippen molar-refractivity contribution in [2.24, 2.45) is 0 Å². The highest BCUT2D eigenvalue weighted by Gasteiger charge is 2.07. The topological polar surface area (TPSA) is 81.2 Å². The lowest BCUT2D eigenvalue weighted by Crippen LogP contribution is -2.09. The van der Waals surface area contributed by atoms with Crippen molar-refractivity contribution in [3.05, 3.63) is 36.0 Å². The van der Waals surface area contributed by atoms with Crippen molar-refractivity contribution in [3.8, 4) is 11.5 Å². The number of benzene rings is 1. The van der Waals surface area contributed by atoms with Gasteiger partial charge in [0, 0.05) is 18.3 Å². The molecule has 1 aromatic heterocycles. The lowest BCUT2D eigenvalue weighted by molar-refractivity contribution is 0.355. The van der Waals surface area contributed by atoms with E-state index in [0.717, 1.165) is 18.7 Å². The summed E-state index contributed by atoms with van der Waals surface area (Å²) in [7, 11) is 3.22. The summed E-state index contributed by atoms with van der Waals surface area (Å²) < 4.78 is 10.6. The fraction of sp³-hybridized carbons (Fsp3) is 0.421. The molecule has 1 aromatic carbocycles. The second-order valence-electron chi connectivity index (χ2n) is 6.14. The van der Waals surface area contributed by atoms with E-state index in [-0.39, 0.29) is 0 Å². The van der Waals surface area contributed by atoms with E-state index < -0.39 is 0 Å². The first kappa shape index (κ1) is 18.0. The Morgan fingerprint density at radius 3 is 2.77 bits per heavy atom. The molecule has 0 atom stereocenters. The third-order valence-corrected chi connectivity index (χ3v) is 4.33. The molecule has 0 bridgehead atoms. The van der Waals surface area contributed by atoms with E-state index in [2.05, 4.69) is 31.9 Å². The van der Waals surface area contributed by atoms with Gasteiger partial charge in [-0.2, -0.15) is 10.1 Å². The fourth-order valence-corrected chi connectivity index (χ4v) is 2.97. The summed E-state index contributed by atoms with van der Waals surface area (Å²) in [4.78, 5) is 4.46. The van der Waals surface area contributed by atoms with Crippen molar-refractivity contribution in [1.82, 2.24) is 15.2 Å². The lowest BCUT2D eigenvalue weighted by Gasteiger charge is -2.13. The molecule has 0 saturated heterocycles. The van der Waals surface area contributed by atoms with E-state index in [1.165, 1.54) is 31.3 Å². The van der Waals surface area contributed by atoms with Gasteiger partial charge < -0.3 is 20.1 Å². The van der Waals surface area contributed by atoms with Crippen molar-refractivity contribution in [3.63, 3.8) is 0 Å². The molecule has 0 radical (unpaired) electrons. The smallest absolute Gasteiger partial charge is 0.244 e. The fourth-order valence-electron chi connectivity index (χ4n) is 2.97. The van der Waals surface area contributed by atoms with Gasteiger partial charge in [0.15, 0.2) is 17.3 Å². The number of hydrogen-bond donors (Lipinski definition) is 2. The van der Waals surface area contributed by atoms with Gasteiger partial charge >= 0.3 is 0 Å². The molecule has 3 rings (SSSR count). The maximum atomic E-state index is 5.32. The van der Waals surface area contributed by atoms with Gasteiger partial charge in [-0.05, 0) is 44.2 Å². The molecule has 0 amide bonds. The van der Waals surface area contributed by atoms with Gasteiger partial charge in [0.2, 0.25) is 5.95 Å². The maximum Gasteiger partial charge on any atom is 0.244 e. The minimum absolute atomic E-state index is 0.520. The van der Waals surface area contributed by atoms with Crippen molar-refractivity contribution in [1.29, 1.82) is 0 Å². The average molecular weight is 355 g/mol. The second-order valence-corrected chi connectivity index (χ2v) is 6.14. The van der Waals surface area contributed by atoms with Crippen LogP contribution in [-0.4, -0.2) is 35.9 Å². The minimum Gasteiger partial charge on any atom is -0.493 e. The van der Waals surface area contributed by atoms with Crippen LogP contribution in [0.25, 0.3) is 0 Å². The number of hydrogen-bond acceptors (Lipinski definition) is 7. The van der Waals surface area contributed by atoms with Crippen LogP contribution < -0.4 is 20.1 Å². The van der Waals surface area contributed by atoms with Crippen LogP contribution in [0.15, 0.2) is 36.0 Å². The third kappa shape index (κ3) is 4.84. The third-order valence-electron chi connectivity index (χ3n) is 4.33. The molecule has 1 heterocycles. The second kappa shape index (κ2) is 9.03. The first-order valence-electron chi connectivity index (χ1n) is 8.89. The number of methoxy groups -OCH3 is 2. The molecular weight excluding hydrogens is 330 g/mol. The molecule has 26 heavy (non-hydrogen) atoms. The van der Waals surface area contributed by atoms with Crippen LogP contribution in [0.4, 0.5) is 17.5 Å². The van der Waals surface area contributed by atoms with Gasteiger partial charge in [-0.15, -0.1) is 5.10 Å². The van der Waals surface area contributed by atoms with E-state index >= 15 is 0 Å². The number of allylic oxidation sites excluding steroid dienone is 1. The molecule has 0 spiro atoms. The lowest BCUT2D eigenvalue weighted by atomic mass is 9.97. The Balaban J connectivity index is 1.59. The Morgan fingerprint density at radius 1 is 1.12 bits per heavy atom. The zero-order chi connectivity index (χ0) is 18.2. The first-order valence-corrected chi connectivity index (χ1v) is 8.89. The summed E-state index contributed by atoms with van der Waals surface area (Å²) in [6.07, 6.45) is 10.0. The molecule has 1 aliphatic carbocycles. The molecule has 138 valence electrons. The van der Waals surface area contributed by atoms with Gasteiger partial charge in [0.1, 0.15) is 0 Å². The van der Waals surface area contributed by atoms with Crippen LogP contribution in [-0.2, 0) is 0 Å². The van der Waals surface area contributed by atoms with Crippen molar-refractivity contribution in [2.75, 3.05) is 31.4 Å². The summed E-state index contributed by atoms with van der Waals surface area (Å²) in [5, 5.41) is 14.5. The number of nitrogens with one attached hydrogen (secondary N) is 2. The van der Waals surface area contributed by atoms with Crippen LogP contribution >= 0.6 is 0 Å². The predicted octanol–water partition coefficient (Wildman–Crippen LogP) is 3.93. The highest BCUT2D eigenvalue weighted by atomic mass is 16.5. The summed E-state index contributed by atoms with van der Waals surface area (Å²) in [5.74, 6) is 2.47. The highest BCUT2D eigenvalue weighted by molar-refractivity contribution is 5.61. The van der Waals surface area contributed by atoms with E-state index in [1.807, 2.05) is 18.2 Å². The molecule has 0 unspecified atom stereocenters. The first-order chi connectivity index (χ1) is 12.8. The summed E-state index contributed by atoms with van der Waals surface area (Å²) in [6, 6.07) is 5.59. The standard InChI is InChI=1S/C19H25N5O2/c1-25-16-9-8-15(12-17(16)26-2)22-18-13-21-24-19(23-18)20-11-10-14-6-4-3-5-7-14/h6,8-9,12-13H,3-5,7,10-11H2,1-2H3,(H2,20,22,23,24). The van der Waals surface area contributed by atoms with Gasteiger partial charge in [0.25, 0.3) is 0 Å². The summed E-state index contributed by atoms with van der Waals surface area (Å²) >= 11 is 0. The molecular formula is C19H25N5O2. The van der Waals surface area contributed by atoms with Gasteiger partial charge in [-0.3, -0.25) is 0 Å². The molecule has 0 aliphatic heterocycles.